The van der Waals surface area contributed by atoms with Crippen LogP contribution in [0.3, 0.4) is 0 Å². The normalized spacial score (nSPS) is 9.97. The molecule has 0 spiro atoms. The van der Waals surface area contributed by atoms with Crippen LogP contribution in [-0.4, -0.2) is 30.9 Å². The van der Waals surface area contributed by atoms with Gasteiger partial charge in [-0.05, 0) is 41.8 Å². The minimum Gasteiger partial charge on any atom is -0.452 e. The van der Waals surface area contributed by atoms with Crippen LogP contribution in [0.4, 0.5) is 11.4 Å². The lowest BCUT2D eigenvalue weighted by molar-refractivity contribution is -0.121. The SMILES string of the molecule is N#CCN(C(=O)COC(=O)c1cccc(NC(=O)c2cccs2)c1)c1ccccc1. The third kappa shape index (κ3) is 5.31. The maximum Gasteiger partial charge on any atom is 0.338 e. The lowest BCUT2D eigenvalue weighted by Gasteiger charge is -2.19. The highest BCUT2D eigenvalue weighted by Gasteiger charge is 2.18. The minimum atomic E-state index is -0.708. The smallest absolute Gasteiger partial charge is 0.338 e. The number of carbonyl (C=O) groups excluding carboxylic acids is 3. The van der Waals surface area contributed by atoms with Crippen molar-refractivity contribution >= 4 is 40.5 Å². The zero-order valence-electron chi connectivity index (χ0n) is 15.8. The molecule has 0 bridgehead atoms. The Morgan fingerprint density at radius 1 is 1.03 bits per heavy atom. The molecule has 0 radical (unpaired) electrons. The summed E-state index contributed by atoms with van der Waals surface area (Å²) in [5.74, 6) is -1.50. The average molecular weight is 419 g/mol. The van der Waals surface area contributed by atoms with Crippen molar-refractivity contribution in [3.8, 4) is 6.07 Å². The molecular formula is C22H17N3O4S. The van der Waals surface area contributed by atoms with Crippen LogP contribution in [0.15, 0.2) is 72.1 Å². The summed E-state index contributed by atoms with van der Waals surface area (Å²) in [4.78, 5) is 38.8. The first-order valence-corrected chi connectivity index (χ1v) is 9.81. The molecule has 0 aliphatic carbocycles. The van der Waals surface area contributed by atoms with E-state index in [1.54, 1.807) is 60.0 Å². The highest BCUT2D eigenvalue weighted by Crippen LogP contribution is 2.16. The maximum absolute atomic E-state index is 12.5. The minimum absolute atomic E-state index is 0.162. The molecular weight excluding hydrogens is 402 g/mol. The molecule has 0 saturated carbocycles. The molecule has 3 rings (SSSR count). The van der Waals surface area contributed by atoms with Crippen molar-refractivity contribution < 1.29 is 19.1 Å². The topological polar surface area (TPSA) is 99.5 Å². The van der Waals surface area contributed by atoms with Gasteiger partial charge in [-0.25, -0.2) is 4.79 Å². The van der Waals surface area contributed by atoms with Crippen molar-refractivity contribution in [3.05, 3.63) is 82.6 Å². The van der Waals surface area contributed by atoms with Crippen LogP contribution in [0.2, 0.25) is 0 Å². The molecule has 0 unspecified atom stereocenters. The first-order valence-electron chi connectivity index (χ1n) is 8.93. The Bertz CT molecular complexity index is 1080. The van der Waals surface area contributed by atoms with E-state index in [2.05, 4.69) is 5.32 Å². The summed E-state index contributed by atoms with van der Waals surface area (Å²) >= 11 is 1.31. The Hall–Kier alpha value is -3.96. The molecule has 0 aliphatic heterocycles. The number of anilines is 2. The number of ether oxygens (including phenoxy) is 1. The second-order valence-electron chi connectivity index (χ2n) is 6.06. The summed E-state index contributed by atoms with van der Waals surface area (Å²) in [6.45, 7) is -0.675. The molecule has 7 nitrogen and oxygen atoms in total. The number of thiophene rings is 1. The van der Waals surface area contributed by atoms with E-state index < -0.39 is 18.5 Å². The van der Waals surface area contributed by atoms with Crippen molar-refractivity contribution in [3.63, 3.8) is 0 Å². The van der Waals surface area contributed by atoms with E-state index in [-0.39, 0.29) is 18.0 Å². The summed E-state index contributed by atoms with van der Waals surface area (Å²) in [6.07, 6.45) is 0. The molecule has 0 fully saturated rings. The summed E-state index contributed by atoms with van der Waals surface area (Å²) in [7, 11) is 0. The predicted octanol–water partition coefficient (Wildman–Crippen LogP) is 3.71. The summed E-state index contributed by atoms with van der Waals surface area (Å²) in [5.41, 5.74) is 1.17. The molecule has 0 aliphatic rings. The molecule has 8 heteroatoms. The second-order valence-corrected chi connectivity index (χ2v) is 7.01. The molecule has 1 N–H and O–H groups in total. The van der Waals surface area contributed by atoms with E-state index in [9.17, 15) is 14.4 Å². The highest BCUT2D eigenvalue weighted by molar-refractivity contribution is 7.12. The molecule has 1 aromatic heterocycles. The fourth-order valence-electron chi connectivity index (χ4n) is 2.62. The Kier molecular flexibility index (Phi) is 6.92. The van der Waals surface area contributed by atoms with Gasteiger partial charge in [-0.3, -0.25) is 14.5 Å². The van der Waals surface area contributed by atoms with Crippen LogP contribution in [-0.2, 0) is 9.53 Å². The molecule has 0 saturated heterocycles. The summed E-state index contributed by atoms with van der Waals surface area (Å²) in [6, 6.07) is 20.3. The van der Waals surface area contributed by atoms with Gasteiger partial charge in [0.1, 0.15) is 6.54 Å². The van der Waals surface area contributed by atoms with Gasteiger partial charge in [0.05, 0.1) is 16.5 Å². The number of carbonyl (C=O) groups is 3. The standard InChI is InChI=1S/C22H17N3O4S/c23-11-12-25(18-8-2-1-3-9-18)20(26)15-29-22(28)16-6-4-7-17(14-16)24-21(27)19-10-5-13-30-19/h1-10,13-14H,12,15H2,(H,24,27). The lowest BCUT2D eigenvalue weighted by Crippen LogP contribution is -2.35. The number of para-hydroxylation sites is 1. The Labute approximate surface area is 177 Å². The quantitative estimate of drug-likeness (QED) is 0.465. The average Bonchev–Trinajstić information content (AvgIpc) is 3.31. The number of hydrogen-bond donors (Lipinski definition) is 1. The van der Waals surface area contributed by atoms with Crippen molar-refractivity contribution in [2.24, 2.45) is 0 Å². The van der Waals surface area contributed by atoms with Crippen molar-refractivity contribution in [2.45, 2.75) is 0 Å². The monoisotopic (exact) mass is 419 g/mol. The van der Waals surface area contributed by atoms with Gasteiger partial charge in [-0.15, -0.1) is 11.3 Å². The zero-order chi connectivity index (χ0) is 21.3. The van der Waals surface area contributed by atoms with Crippen LogP contribution < -0.4 is 10.2 Å². The van der Waals surface area contributed by atoms with Gasteiger partial charge < -0.3 is 10.1 Å². The molecule has 30 heavy (non-hydrogen) atoms. The van der Waals surface area contributed by atoms with Gasteiger partial charge in [0.25, 0.3) is 11.8 Å². The molecule has 150 valence electrons. The number of nitrogens with one attached hydrogen (secondary N) is 1. The summed E-state index contributed by atoms with van der Waals surface area (Å²) < 4.78 is 5.12. The van der Waals surface area contributed by atoms with Crippen molar-refractivity contribution in [1.82, 2.24) is 0 Å². The number of esters is 1. The van der Waals surface area contributed by atoms with Gasteiger partial charge in [-0.1, -0.05) is 30.3 Å². The van der Waals surface area contributed by atoms with Gasteiger partial charge in [0, 0.05) is 11.4 Å². The third-order valence-corrected chi connectivity index (χ3v) is 4.89. The van der Waals surface area contributed by atoms with Crippen molar-refractivity contribution in [1.29, 1.82) is 5.26 Å². The number of nitrogens with zero attached hydrogens (tertiary/aromatic N) is 2. The number of benzene rings is 2. The van der Waals surface area contributed by atoms with E-state index >= 15 is 0 Å². The van der Waals surface area contributed by atoms with Crippen molar-refractivity contribution in [2.75, 3.05) is 23.4 Å². The van der Waals surface area contributed by atoms with E-state index in [1.807, 2.05) is 6.07 Å². The molecule has 2 aromatic carbocycles. The Morgan fingerprint density at radius 3 is 2.53 bits per heavy atom. The largest absolute Gasteiger partial charge is 0.452 e. The molecule has 1 heterocycles. The van der Waals surface area contributed by atoms with E-state index in [0.29, 0.717) is 16.3 Å². The number of amides is 2. The van der Waals surface area contributed by atoms with E-state index in [0.717, 1.165) is 0 Å². The van der Waals surface area contributed by atoms with Crippen LogP contribution >= 0.6 is 11.3 Å². The summed E-state index contributed by atoms with van der Waals surface area (Å²) in [5, 5.41) is 13.5. The van der Waals surface area contributed by atoms with Crippen LogP contribution in [0, 0.1) is 11.3 Å². The lowest BCUT2D eigenvalue weighted by atomic mass is 10.2. The first kappa shape index (κ1) is 20.8. The van der Waals surface area contributed by atoms with E-state index in [1.165, 1.54) is 28.4 Å². The zero-order valence-corrected chi connectivity index (χ0v) is 16.6. The Morgan fingerprint density at radius 2 is 1.83 bits per heavy atom. The fourth-order valence-corrected chi connectivity index (χ4v) is 3.23. The molecule has 3 aromatic rings. The van der Waals surface area contributed by atoms with Gasteiger partial charge in [0.2, 0.25) is 0 Å². The van der Waals surface area contributed by atoms with Crippen LogP contribution in [0.5, 0.6) is 0 Å². The van der Waals surface area contributed by atoms with Gasteiger partial charge in [0.15, 0.2) is 6.61 Å². The second kappa shape index (κ2) is 10.0. The predicted molar refractivity (Wildman–Crippen MR) is 113 cm³/mol. The third-order valence-electron chi connectivity index (χ3n) is 4.03. The van der Waals surface area contributed by atoms with Crippen LogP contribution in [0.1, 0.15) is 20.0 Å². The van der Waals surface area contributed by atoms with Gasteiger partial charge in [-0.2, -0.15) is 5.26 Å². The molecule has 2 amide bonds. The number of hydrogen-bond acceptors (Lipinski definition) is 6. The fraction of sp³-hybridized carbons (Fsp3) is 0.0909. The van der Waals surface area contributed by atoms with Crippen LogP contribution in [0.25, 0.3) is 0 Å². The highest BCUT2D eigenvalue weighted by atomic mass is 32.1. The maximum atomic E-state index is 12.5. The molecule has 0 atom stereocenters. The Balaban J connectivity index is 1.62. The first-order chi connectivity index (χ1) is 14.6. The number of nitriles is 1. The van der Waals surface area contributed by atoms with Gasteiger partial charge >= 0.3 is 5.97 Å². The van der Waals surface area contributed by atoms with E-state index in [4.69, 9.17) is 10.00 Å². The number of rotatable bonds is 7.